The zero-order valence-corrected chi connectivity index (χ0v) is 12.3. The molecule has 0 saturated carbocycles. The van der Waals surface area contributed by atoms with Crippen molar-refractivity contribution in [2.75, 3.05) is 11.9 Å². The van der Waals surface area contributed by atoms with E-state index in [2.05, 4.69) is 25.4 Å². The molecule has 3 aromatic heterocycles. The number of aryl methyl sites for hydroxylation is 3. The number of rotatable bonds is 5. The molecule has 7 nitrogen and oxygen atoms in total. The molecule has 0 bridgehead atoms. The molecule has 0 spiro atoms. The first-order chi connectivity index (χ1) is 10.1. The molecule has 3 rings (SSSR count). The van der Waals surface area contributed by atoms with Gasteiger partial charge in [0, 0.05) is 19.0 Å². The molecule has 0 fully saturated rings. The van der Waals surface area contributed by atoms with E-state index < -0.39 is 0 Å². The Morgan fingerprint density at radius 1 is 1.19 bits per heavy atom. The third-order valence-corrected chi connectivity index (χ3v) is 3.38. The SMILES string of the molecule is Cc1nc2c(NCCCc3c(C)noc3C)ncnc2o1. The van der Waals surface area contributed by atoms with Crippen LogP contribution in [0.3, 0.4) is 0 Å². The summed E-state index contributed by atoms with van der Waals surface area (Å²) in [6.07, 6.45) is 3.34. The van der Waals surface area contributed by atoms with Crippen LogP contribution < -0.4 is 5.32 Å². The van der Waals surface area contributed by atoms with E-state index in [4.69, 9.17) is 8.94 Å². The summed E-state index contributed by atoms with van der Waals surface area (Å²) >= 11 is 0. The Labute approximate surface area is 121 Å². The maximum Gasteiger partial charge on any atom is 0.252 e. The van der Waals surface area contributed by atoms with Gasteiger partial charge in [-0.3, -0.25) is 0 Å². The molecule has 1 N–H and O–H groups in total. The standard InChI is InChI=1S/C14H17N5O2/c1-8-11(9(2)21-19-8)5-4-6-15-13-12-14(17-7-16-13)20-10(3)18-12/h7H,4-6H2,1-3H3,(H,15,16,17). The van der Waals surface area contributed by atoms with Crippen molar-refractivity contribution in [1.82, 2.24) is 20.1 Å². The maximum atomic E-state index is 5.38. The number of fused-ring (bicyclic) bond motifs is 1. The van der Waals surface area contributed by atoms with Crippen LogP contribution in [0.1, 0.15) is 29.3 Å². The van der Waals surface area contributed by atoms with Crippen molar-refractivity contribution >= 4 is 17.0 Å². The molecule has 3 heterocycles. The Hall–Kier alpha value is -2.44. The largest absolute Gasteiger partial charge is 0.422 e. The van der Waals surface area contributed by atoms with Crippen LogP contribution in [0, 0.1) is 20.8 Å². The minimum atomic E-state index is 0.510. The first kappa shape index (κ1) is 13.5. The number of nitrogens with one attached hydrogen (secondary N) is 1. The normalized spacial score (nSPS) is 11.2. The molecule has 7 heteroatoms. The number of hydrogen-bond acceptors (Lipinski definition) is 7. The van der Waals surface area contributed by atoms with Crippen molar-refractivity contribution in [3.63, 3.8) is 0 Å². The van der Waals surface area contributed by atoms with Gasteiger partial charge in [0.1, 0.15) is 12.1 Å². The fourth-order valence-electron chi connectivity index (χ4n) is 2.32. The fourth-order valence-corrected chi connectivity index (χ4v) is 2.32. The second-order valence-electron chi connectivity index (χ2n) is 4.94. The summed E-state index contributed by atoms with van der Waals surface area (Å²) in [4.78, 5) is 12.6. The first-order valence-electron chi connectivity index (χ1n) is 6.89. The first-order valence-corrected chi connectivity index (χ1v) is 6.89. The van der Waals surface area contributed by atoms with E-state index in [1.807, 2.05) is 13.8 Å². The summed E-state index contributed by atoms with van der Waals surface area (Å²) in [5, 5.41) is 7.24. The molecule has 0 aromatic carbocycles. The van der Waals surface area contributed by atoms with Crippen LogP contribution in [-0.4, -0.2) is 26.7 Å². The third-order valence-electron chi connectivity index (χ3n) is 3.38. The van der Waals surface area contributed by atoms with Gasteiger partial charge < -0.3 is 14.3 Å². The minimum Gasteiger partial charge on any atom is -0.422 e. The Balaban J connectivity index is 1.62. The molecular formula is C14H17N5O2. The third kappa shape index (κ3) is 2.72. The molecule has 0 atom stereocenters. The molecule has 0 unspecified atom stereocenters. The number of nitrogens with zero attached hydrogens (tertiary/aromatic N) is 4. The molecule has 110 valence electrons. The van der Waals surface area contributed by atoms with Gasteiger partial charge in [-0.2, -0.15) is 4.98 Å². The lowest BCUT2D eigenvalue weighted by molar-refractivity contribution is 0.392. The number of aromatic nitrogens is 4. The summed E-state index contributed by atoms with van der Waals surface area (Å²) < 4.78 is 10.5. The Morgan fingerprint density at radius 2 is 2.05 bits per heavy atom. The van der Waals surface area contributed by atoms with Gasteiger partial charge in [-0.15, -0.1) is 0 Å². The average molecular weight is 287 g/mol. The number of oxazole rings is 1. The molecule has 0 aliphatic heterocycles. The van der Waals surface area contributed by atoms with E-state index in [0.29, 0.717) is 22.9 Å². The molecule has 21 heavy (non-hydrogen) atoms. The van der Waals surface area contributed by atoms with Gasteiger partial charge in [0.25, 0.3) is 5.71 Å². The van der Waals surface area contributed by atoms with Crippen LogP contribution >= 0.6 is 0 Å². The fraction of sp³-hybridized carbons (Fsp3) is 0.429. The minimum absolute atomic E-state index is 0.510. The summed E-state index contributed by atoms with van der Waals surface area (Å²) in [6.45, 7) is 6.48. The van der Waals surface area contributed by atoms with Crippen LogP contribution in [0.15, 0.2) is 15.3 Å². The van der Waals surface area contributed by atoms with Gasteiger partial charge in [-0.25, -0.2) is 9.97 Å². The summed E-state index contributed by atoms with van der Waals surface area (Å²) in [5.41, 5.74) is 3.33. The van der Waals surface area contributed by atoms with E-state index in [-0.39, 0.29) is 0 Å². The molecule has 0 aliphatic carbocycles. The highest BCUT2D eigenvalue weighted by Gasteiger charge is 2.11. The van der Waals surface area contributed by atoms with Crippen molar-refractivity contribution < 1.29 is 8.94 Å². The zero-order valence-electron chi connectivity index (χ0n) is 12.3. The van der Waals surface area contributed by atoms with Crippen LogP contribution in [0.25, 0.3) is 11.2 Å². The molecule has 0 amide bonds. The van der Waals surface area contributed by atoms with Crippen LogP contribution in [-0.2, 0) is 6.42 Å². The second kappa shape index (κ2) is 5.51. The van der Waals surface area contributed by atoms with Crippen molar-refractivity contribution in [2.45, 2.75) is 33.6 Å². The topological polar surface area (TPSA) is 89.9 Å². The van der Waals surface area contributed by atoms with Crippen LogP contribution in [0.2, 0.25) is 0 Å². The van der Waals surface area contributed by atoms with Gasteiger partial charge in [0.15, 0.2) is 17.2 Å². The predicted molar refractivity (Wildman–Crippen MR) is 77.1 cm³/mol. The lowest BCUT2D eigenvalue weighted by atomic mass is 10.1. The van der Waals surface area contributed by atoms with Crippen molar-refractivity contribution in [3.8, 4) is 0 Å². The molecule has 0 aliphatic rings. The van der Waals surface area contributed by atoms with Gasteiger partial charge in [0.2, 0.25) is 0 Å². The summed E-state index contributed by atoms with van der Waals surface area (Å²) in [5.74, 6) is 2.18. The Bertz CT molecular complexity index is 742. The van der Waals surface area contributed by atoms with Gasteiger partial charge in [0.05, 0.1) is 5.69 Å². The second-order valence-corrected chi connectivity index (χ2v) is 4.94. The monoisotopic (exact) mass is 287 g/mol. The average Bonchev–Trinajstić information content (AvgIpc) is 2.99. The van der Waals surface area contributed by atoms with Crippen molar-refractivity contribution in [3.05, 3.63) is 29.2 Å². The predicted octanol–water partition coefficient (Wildman–Crippen LogP) is 2.58. The highest BCUT2D eigenvalue weighted by Crippen LogP contribution is 2.19. The highest BCUT2D eigenvalue weighted by atomic mass is 16.5. The van der Waals surface area contributed by atoms with Crippen LogP contribution in [0.5, 0.6) is 0 Å². The highest BCUT2D eigenvalue weighted by molar-refractivity contribution is 5.80. The van der Waals surface area contributed by atoms with E-state index >= 15 is 0 Å². The number of hydrogen-bond donors (Lipinski definition) is 1. The number of anilines is 1. The molecular weight excluding hydrogens is 270 g/mol. The quantitative estimate of drug-likeness (QED) is 0.721. The molecule has 0 saturated heterocycles. The summed E-state index contributed by atoms with van der Waals surface area (Å²) in [7, 11) is 0. The van der Waals surface area contributed by atoms with E-state index in [1.165, 1.54) is 11.9 Å². The Morgan fingerprint density at radius 3 is 2.81 bits per heavy atom. The Kier molecular flexibility index (Phi) is 3.55. The molecule has 3 aromatic rings. The van der Waals surface area contributed by atoms with Gasteiger partial charge >= 0.3 is 0 Å². The van der Waals surface area contributed by atoms with E-state index in [1.54, 1.807) is 6.92 Å². The smallest absolute Gasteiger partial charge is 0.252 e. The van der Waals surface area contributed by atoms with E-state index in [9.17, 15) is 0 Å². The molecule has 0 radical (unpaired) electrons. The van der Waals surface area contributed by atoms with Gasteiger partial charge in [-0.1, -0.05) is 5.16 Å². The van der Waals surface area contributed by atoms with E-state index in [0.717, 1.165) is 30.8 Å². The van der Waals surface area contributed by atoms with Crippen molar-refractivity contribution in [1.29, 1.82) is 0 Å². The lowest BCUT2D eigenvalue weighted by Gasteiger charge is -2.05. The van der Waals surface area contributed by atoms with Gasteiger partial charge in [-0.05, 0) is 26.7 Å². The lowest BCUT2D eigenvalue weighted by Crippen LogP contribution is -2.06. The summed E-state index contributed by atoms with van der Waals surface area (Å²) in [6, 6.07) is 0. The maximum absolute atomic E-state index is 5.38. The van der Waals surface area contributed by atoms with Crippen molar-refractivity contribution in [2.24, 2.45) is 0 Å². The zero-order chi connectivity index (χ0) is 14.8. The van der Waals surface area contributed by atoms with Crippen LogP contribution in [0.4, 0.5) is 5.82 Å².